The van der Waals surface area contributed by atoms with E-state index in [0.717, 1.165) is 0 Å². The van der Waals surface area contributed by atoms with Crippen LogP contribution in [-0.2, 0) is 33.2 Å². The van der Waals surface area contributed by atoms with E-state index in [0.29, 0.717) is 0 Å². The summed E-state index contributed by atoms with van der Waals surface area (Å²) in [7, 11) is 0. The van der Waals surface area contributed by atoms with Crippen molar-refractivity contribution < 1.29 is 33.2 Å². The molecule has 0 aliphatic rings. The molecule has 0 spiro atoms. The molecule has 0 N–H and O–H groups in total. The van der Waals surface area contributed by atoms with Gasteiger partial charge in [-0.3, -0.25) is 0 Å². The van der Waals surface area contributed by atoms with Crippen molar-refractivity contribution in [1.82, 2.24) is 0 Å². The fraction of sp³-hybridized carbons (Fsp3) is 0. The van der Waals surface area contributed by atoms with E-state index in [1.807, 2.05) is 0 Å². The molecule has 1 radical (unpaired) electrons. The zero-order valence-corrected chi connectivity index (χ0v) is 5.20. The van der Waals surface area contributed by atoms with Crippen LogP contribution in [0.1, 0.15) is 0 Å². The third-order valence-electron chi connectivity index (χ3n) is 0. The summed E-state index contributed by atoms with van der Waals surface area (Å²) in [5, 5.41) is 0. The third kappa shape index (κ3) is 49.0. The first kappa shape index (κ1) is 167. The van der Waals surface area contributed by atoms with Gasteiger partial charge in [0.1, 0.15) is 0 Å². The van der Waals surface area contributed by atoms with Gasteiger partial charge in [0.25, 0.3) is 0 Å². The molecule has 0 saturated carbocycles. The standard InChI is InChI=1S/Co.Ge.3O/q+2;+4;3*-2. The van der Waals surface area contributed by atoms with E-state index in [2.05, 4.69) is 0 Å². The van der Waals surface area contributed by atoms with E-state index in [4.69, 9.17) is 0 Å². The summed E-state index contributed by atoms with van der Waals surface area (Å²) in [4.78, 5) is 0. The molecule has 0 aliphatic heterocycles. The molecule has 0 aromatic carbocycles. The second kappa shape index (κ2) is 88.1. The monoisotopic (exact) mass is 181 g/mol. The molecule has 0 heterocycles. The van der Waals surface area contributed by atoms with Gasteiger partial charge >= 0.3 is 34.4 Å². The Labute approximate surface area is 51.2 Å². The summed E-state index contributed by atoms with van der Waals surface area (Å²) < 4.78 is 0. The number of rotatable bonds is 0. The van der Waals surface area contributed by atoms with Crippen LogP contribution in [0, 0.1) is 0 Å². The van der Waals surface area contributed by atoms with Gasteiger partial charge < -0.3 is 16.4 Å². The molecule has 5 heteroatoms. The van der Waals surface area contributed by atoms with Crippen LogP contribution in [-0.4, -0.2) is 17.6 Å². The zero-order chi connectivity index (χ0) is 0. The number of hydrogen-bond donors (Lipinski definition) is 0. The smallest absolute Gasteiger partial charge is 2.00 e. The Morgan fingerprint density at radius 1 is 0.600 bits per heavy atom. The molecule has 0 fully saturated rings. The molecule has 3 nitrogen and oxygen atoms in total. The van der Waals surface area contributed by atoms with E-state index in [-0.39, 0.29) is 50.8 Å². The molecular weight excluding hydrogens is 180 g/mol. The molecule has 0 saturated heterocycles. The molecular formula is CoGeO3. The fourth-order valence-corrected chi connectivity index (χ4v) is 0. The molecule has 0 rings (SSSR count). The van der Waals surface area contributed by atoms with Crippen molar-refractivity contribution in [1.29, 1.82) is 0 Å². The molecule has 0 bridgehead atoms. The van der Waals surface area contributed by atoms with Gasteiger partial charge in [0, 0.05) is 0 Å². The van der Waals surface area contributed by atoms with Crippen LogP contribution in [0.5, 0.6) is 0 Å². The molecule has 0 aromatic heterocycles. The van der Waals surface area contributed by atoms with Crippen molar-refractivity contribution in [2.24, 2.45) is 0 Å². The first-order chi connectivity index (χ1) is 0. The third-order valence-corrected chi connectivity index (χ3v) is 0. The Morgan fingerprint density at radius 2 is 0.600 bits per heavy atom. The normalized spacial score (nSPS) is 0. The van der Waals surface area contributed by atoms with Crippen LogP contribution < -0.4 is 0 Å². The van der Waals surface area contributed by atoms with Crippen LogP contribution in [0.3, 0.4) is 0 Å². The second-order valence-electron chi connectivity index (χ2n) is 0. The van der Waals surface area contributed by atoms with Gasteiger partial charge in [-0.05, 0) is 0 Å². The summed E-state index contributed by atoms with van der Waals surface area (Å²) >= 11 is 0. The van der Waals surface area contributed by atoms with Crippen LogP contribution in [0.15, 0.2) is 0 Å². The Kier molecular flexibility index (Phi) is 2940. The van der Waals surface area contributed by atoms with Crippen molar-refractivity contribution in [3.8, 4) is 0 Å². The van der Waals surface area contributed by atoms with E-state index in [1.165, 1.54) is 0 Å². The largest absolute Gasteiger partial charge is 4.00 e. The second-order valence-corrected chi connectivity index (χ2v) is 0. The van der Waals surface area contributed by atoms with Crippen molar-refractivity contribution >= 4 is 17.6 Å². The Balaban J connectivity index is 0. The average Bonchev–Trinajstić information content (AvgIpc) is 0. The maximum atomic E-state index is 0. The molecule has 5 heavy (non-hydrogen) atoms. The minimum Gasteiger partial charge on any atom is -2.00 e. The van der Waals surface area contributed by atoms with Crippen LogP contribution in [0.25, 0.3) is 0 Å². The number of hydrogen-bond acceptors (Lipinski definition) is 0. The fourth-order valence-electron chi connectivity index (χ4n) is 0. The predicted molar refractivity (Wildman–Crippen MR) is 7.81 cm³/mol. The van der Waals surface area contributed by atoms with Gasteiger partial charge in [0.05, 0.1) is 0 Å². The average molecular weight is 180 g/mol. The van der Waals surface area contributed by atoms with Gasteiger partial charge in [-0.1, -0.05) is 0 Å². The first-order valence-corrected chi connectivity index (χ1v) is 0. The van der Waals surface area contributed by atoms with E-state index in [1.54, 1.807) is 0 Å². The zero-order valence-electron chi connectivity index (χ0n) is 2.06. The topological polar surface area (TPSA) is 85.5 Å². The molecule has 0 aliphatic carbocycles. The molecule has 0 amide bonds. The van der Waals surface area contributed by atoms with Gasteiger partial charge in [-0.15, -0.1) is 0 Å². The van der Waals surface area contributed by atoms with Crippen LogP contribution in [0.2, 0.25) is 0 Å². The summed E-state index contributed by atoms with van der Waals surface area (Å²) in [5.41, 5.74) is 0. The van der Waals surface area contributed by atoms with Gasteiger partial charge in [-0.2, -0.15) is 0 Å². The van der Waals surface area contributed by atoms with Crippen LogP contribution in [0.4, 0.5) is 0 Å². The van der Waals surface area contributed by atoms with Crippen LogP contribution >= 0.6 is 0 Å². The minimum absolute atomic E-state index is 0. The maximum absolute atomic E-state index is 0. The Bertz CT molecular complexity index is 6.85. The molecule has 31 valence electrons. The van der Waals surface area contributed by atoms with E-state index < -0.39 is 0 Å². The first-order valence-electron chi connectivity index (χ1n) is 0. The van der Waals surface area contributed by atoms with Crippen molar-refractivity contribution in [2.75, 3.05) is 0 Å². The molecule has 0 atom stereocenters. The summed E-state index contributed by atoms with van der Waals surface area (Å²) in [5.74, 6) is 0. The summed E-state index contributed by atoms with van der Waals surface area (Å²) in [6, 6.07) is 0. The van der Waals surface area contributed by atoms with Crippen molar-refractivity contribution in [2.45, 2.75) is 0 Å². The summed E-state index contributed by atoms with van der Waals surface area (Å²) in [6.07, 6.45) is 0. The molecule has 0 unspecified atom stereocenters. The maximum Gasteiger partial charge on any atom is 4.00 e. The quantitative estimate of drug-likeness (QED) is 0.439. The van der Waals surface area contributed by atoms with E-state index in [9.17, 15) is 0 Å². The summed E-state index contributed by atoms with van der Waals surface area (Å²) in [6.45, 7) is 0. The van der Waals surface area contributed by atoms with Gasteiger partial charge in [0.2, 0.25) is 0 Å². The SMILES string of the molecule is [Co+2].[Ge+4].[O-2].[O-2].[O-2]. The molecule has 0 aromatic rings. The minimum atomic E-state index is 0. The van der Waals surface area contributed by atoms with Gasteiger partial charge in [-0.25, -0.2) is 0 Å². The Morgan fingerprint density at radius 3 is 0.600 bits per heavy atom. The Hall–Kier alpha value is 0.929. The van der Waals surface area contributed by atoms with Crippen molar-refractivity contribution in [3.63, 3.8) is 0 Å². The van der Waals surface area contributed by atoms with Crippen molar-refractivity contribution in [3.05, 3.63) is 0 Å². The van der Waals surface area contributed by atoms with Gasteiger partial charge in [0.15, 0.2) is 0 Å². The predicted octanol–water partition coefficient (Wildman–Crippen LogP) is -0.740. The van der Waals surface area contributed by atoms with E-state index >= 15 is 0 Å².